The maximum Gasteiger partial charge on any atom is 0.0876 e. The largest absolute Gasteiger partial charge is 0.501 e. The molecule has 0 saturated carbocycles. The van der Waals surface area contributed by atoms with Gasteiger partial charge >= 0.3 is 0 Å². The Morgan fingerprint density at radius 3 is 3.06 bits per heavy atom. The lowest BCUT2D eigenvalue weighted by atomic mass is 9.92. The van der Waals surface area contributed by atoms with Gasteiger partial charge in [0.05, 0.1) is 12.9 Å². The smallest absolute Gasteiger partial charge is 0.0876 e. The van der Waals surface area contributed by atoms with Gasteiger partial charge in [-0.15, -0.1) is 0 Å². The molecule has 0 aliphatic carbocycles. The molecule has 2 heterocycles. The lowest BCUT2D eigenvalue weighted by Crippen LogP contribution is -2.34. The molecule has 17 heavy (non-hydrogen) atoms. The first-order valence-corrected chi connectivity index (χ1v) is 7.01. The molecule has 1 fully saturated rings. The topological polar surface area (TPSA) is 30.5 Å². The molecule has 3 heteroatoms. The van der Waals surface area contributed by atoms with Crippen molar-refractivity contribution < 1.29 is 9.47 Å². The van der Waals surface area contributed by atoms with E-state index in [0.29, 0.717) is 6.04 Å². The second-order valence-corrected chi connectivity index (χ2v) is 5.14. The monoisotopic (exact) mass is 239 g/mol. The summed E-state index contributed by atoms with van der Waals surface area (Å²) in [6.07, 6.45) is 7.96. The highest BCUT2D eigenvalue weighted by atomic mass is 16.5. The van der Waals surface area contributed by atoms with Gasteiger partial charge in [0.25, 0.3) is 0 Å². The zero-order chi connectivity index (χ0) is 11.9. The van der Waals surface area contributed by atoms with Crippen LogP contribution in [0, 0.1) is 5.92 Å². The van der Waals surface area contributed by atoms with Gasteiger partial charge in [-0.25, -0.2) is 0 Å². The van der Waals surface area contributed by atoms with Crippen LogP contribution >= 0.6 is 0 Å². The van der Waals surface area contributed by atoms with Gasteiger partial charge < -0.3 is 14.8 Å². The van der Waals surface area contributed by atoms with E-state index in [1.54, 1.807) is 0 Å². The van der Waals surface area contributed by atoms with E-state index in [9.17, 15) is 0 Å². The van der Waals surface area contributed by atoms with E-state index >= 15 is 0 Å². The molecule has 2 aliphatic rings. The van der Waals surface area contributed by atoms with Crippen LogP contribution in [0.5, 0.6) is 0 Å². The van der Waals surface area contributed by atoms with Crippen molar-refractivity contribution in [3.8, 4) is 0 Å². The zero-order valence-electron chi connectivity index (χ0n) is 10.9. The van der Waals surface area contributed by atoms with Crippen LogP contribution in [0.3, 0.4) is 0 Å². The molecule has 1 N–H and O–H groups in total. The van der Waals surface area contributed by atoms with Crippen LogP contribution < -0.4 is 5.32 Å². The standard InChI is InChI=1S/C14H25NO2/c1-2-6-15-14(9-12-5-8-17-10-12)13-4-3-7-16-11-13/h11-12,14-15H,2-10H2,1H3. The molecule has 3 nitrogen and oxygen atoms in total. The molecule has 2 atom stereocenters. The molecular formula is C14H25NO2. The predicted molar refractivity (Wildman–Crippen MR) is 68.9 cm³/mol. The number of ether oxygens (including phenoxy) is 2. The van der Waals surface area contributed by atoms with Gasteiger partial charge in [0.15, 0.2) is 0 Å². The summed E-state index contributed by atoms with van der Waals surface area (Å²) in [6, 6.07) is 0.502. The summed E-state index contributed by atoms with van der Waals surface area (Å²) in [5.74, 6) is 0.729. The Labute approximate surface area is 105 Å². The molecule has 0 bridgehead atoms. The Balaban J connectivity index is 1.88. The Kier molecular flexibility index (Phi) is 5.33. The van der Waals surface area contributed by atoms with E-state index in [-0.39, 0.29) is 0 Å². The first-order valence-electron chi connectivity index (χ1n) is 7.01. The van der Waals surface area contributed by atoms with E-state index < -0.39 is 0 Å². The van der Waals surface area contributed by atoms with Crippen LogP contribution in [0.4, 0.5) is 0 Å². The molecule has 2 unspecified atom stereocenters. The molecule has 2 rings (SSSR count). The summed E-state index contributed by atoms with van der Waals surface area (Å²) in [5.41, 5.74) is 1.46. The number of hydrogen-bond acceptors (Lipinski definition) is 3. The molecule has 1 saturated heterocycles. The van der Waals surface area contributed by atoms with Crippen molar-refractivity contribution >= 4 is 0 Å². The molecule has 0 amide bonds. The second-order valence-electron chi connectivity index (χ2n) is 5.14. The van der Waals surface area contributed by atoms with Crippen molar-refractivity contribution in [1.82, 2.24) is 5.32 Å². The number of nitrogens with one attached hydrogen (secondary N) is 1. The molecule has 0 radical (unpaired) electrons. The van der Waals surface area contributed by atoms with Gasteiger partial charge in [0.2, 0.25) is 0 Å². The minimum atomic E-state index is 0.502. The lowest BCUT2D eigenvalue weighted by molar-refractivity contribution is 0.180. The number of rotatable bonds is 6. The van der Waals surface area contributed by atoms with Crippen molar-refractivity contribution in [2.45, 2.75) is 45.1 Å². The Morgan fingerprint density at radius 1 is 1.47 bits per heavy atom. The van der Waals surface area contributed by atoms with Crippen LogP contribution in [0.2, 0.25) is 0 Å². The molecule has 0 aromatic rings. The summed E-state index contributed by atoms with van der Waals surface area (Å²) in [7, 11) is 0. The van der Waals surface area contributed by atoms with E-state index in [1.165, 1.54) is 31.3 Å². The summed E-state index contributed by atoms with van der Waals surface area (Å²) in [6.45, 7) is 6.08. The van der Waals surface area contributed by atoms with Crippen LogP contribution in [0.25, 0.3) is 0 Å². The van der Waals surface area contributed by atoms with Crippen molar-refractivity contribution in [2.24, 2.45) is 5.92 Å². The van der Waals surface area contributed by atoms with E-state index in [1.807, 2.05) is 6.26 Å². The summed E-state index contributed by atoms with van der Waals surface area (Å²) < 4.78 is 10.9. The minimum Gasteiger partial charge on any atom is -0.501 e. The van der Waals surface area contributed by atoms with E-state index in [0.717, 1.165) is 38.7 Å². The zero-order valence-corrected chi connectivity index (χ0v) is 10.9. The quantitative estimate of drug-likeness (QED) is 0.772. The Morgan fingerprint density at radius 2 is 2.41 bits per heavy atom. The van der Waals surface area contributed by atoms with Crippen LogP contribution in [-0.4, -0.2) is 32.4 Å². The van der Waals surface area contributed by atoms with Gasteiger partial charge in [0, 0.05) is 19.3 Å². The average molecular weight is 239 g/mol. The molecule has 2 aliphatic heterocycles. The van der Waals surface area contributed by atoms with E-state index in [4.69, 9.17) is 9.47 Å². The Hall–Kier alpha value is -0.540. The highest BCUT2D eigenvalue weighted by Gasteiger charge is 2.23. The fourth-order valence-corrected chi connectivity index (χ4v) is 2.63. The van der Waals surface area contributed by atoms with Crippen molar-refractivity contribution in [3.63, 3.8) is 0 Å². The SMILES string of the molecule is CCCNC(CC1CCOC1)C1=COCCC1. The van der Waals surface area contributed by atoms with Crippen molar-refractivity contribution in [1.29, 1.82) is 0 Å². The Bertz CT molecular complexity index is 247. The highest BCUT2D eigenvalue weighted by molar-refractivity contribution is 5.10. The molecule has 0 aromatic carbocycles. The van der Waals surface area contributed by atoms with Gasteiger partial charge in [-0.2, -0.15) is 0 Å². The fourth-order valence-electron chi connectivity index (χ4n) is 2.63. The maximum absolute atomic E-state index is 5.47. The van der Waals surface area contributed by atoms with Crippen LogP contribution in [0.15, 0.2) is 11.8 Å². The number of hydrogen-bond donors (Lipinski definition) is 1. The van der Waals surface area contributed by atoms with Crippen LogP contribution in [0.1, 0.15) is 39.0 Å². The summed E-state index contributed by atoms with van der Waals surface area (Å²) >= 11 is 0. The second kappa shape index (κ2) is 7.02. The lowest BCUT2D eigenvalue weighted by Gasteiger charge is -2.26. The van der Waals surface area contributed by atoms with Gasteiger partial charge in [-0.1, -0.05) is 6.92 Å². The third-order valence-corrected chi connectivity index (χ3v) is 3.64. The average Bonchev–Trinajstić information content (AvgIpc) is 2.88. The molecule has 98 valence electrons. The summed E-state index contributed by atoms with van der Waals surface area (Å²) in [4.78, 5) is 0. The maximum atomic E-state index is 5.47. The summed E-state index contributed by atoms with van der Waals surface area (Å²) in [5, 5.41) is 3.66. The van der Waals surface area contributed by atoms with Gasteiger partial charge in [-0.05, 0) is 50.1 Å². The van der Waals surface area contributed by atoms with Crippen molar-refractivity contribution in [3.05, 3.63) is 11.8 Å². The first kappa shape index (κ1) is 12.9. The van der Waals surface area contributed by atoms with Crippen molar-refractivity contribution in [2.75, 3.05) is 26.4 Å². The third kappa shape index (κ3) is 4.00. The van der Waals surface area contributed by atoms with Gasteiger partial charge in [-0.3, -0.25) is 0 Å². The predicted octanol–water partition coefficient (Wildman–Crippen LogP) is 2.48. The molecular weight excluding hydrogens is 214 g/mol. The third-order valence-electron chi connectivity index (χ3n) is 3.64. The molecule has 0 aromatic heterocycles. The highest BCUT2D eigenvalue weighted by Crippen LogP contribution is 2.25. The minimum absolute atomic E-state index is 0.502. The van der Waals surface area contributed by atoms with Crippen LogP contribution in [-0.2, 0) is 9.47 Å². The normalized spacial score (nSPS) is 26.4. The fraction of sp³-hybridized carbons (Fsp3) is 0.857. The molecule has 0 spiro atoms. The van der Waals surface area contributed by atoms with E-state index in [2.05, 4.69) is 12.2 Å². The van der Waals surface area contributed by atoms with Gasteiger partial charge in [0.1, 0.15) is 0 Å². The first-order chi connectivity index (χ1) is 8.40.